The Morgan fingerprint density at radius 3 is 2.59 bits per heavy atom. The zero-order valence-corrected chi connectivity index (χ0v) is 11.5. The number of carbonyl (C=O) groups is 1. The summed E-state index contributed by atoms with van der Waals surface area (Å²) in [5, 5.41) is 0. The van der Waals surface area contributed by atoms with E-state index in [-0.39, 0.29) is 5.78 Å². The van der Waals surface area contributed by atoms with Gasteiger partial charge >= 0.3 is 0 Å². The minimum Gasteiger partial charge on any atom is -0.319 e. The average Bonchev–Trinajstić information content (AvgIpc) is 2.33. The number of nitrogens with two attached hydrogens (primary N) is 1. The number of ketones is 1. The van der Waals surface area contributed by atoms with Crippen molar-refractivity contribution >= 4 is 21.7 Å². The van der Waals surface area contributed by atoms with E-state index in [0.29, 0.717) is 6.42 Å². The third-order valence-electron chi connectivity index (χ3n) is 3.61. The molecule has 2 rings (SSSR count). The van der Waals surface area contributed by atoms with Gasteiger partial charge in [0.15, 0.2) is 5.78 Å². The summed E-state index contributed by atoms with van der Waals surface area (Å²) in [4.78, 5) is 11.9. The summed E-state index contributed by atoms with van der Waals surface area (Å²) >= 11 is 3.41. The highest BCUT2D eigenvalue weighted by molar-refractivity contribution is 9.10. The van der Waals surface area contributed by atoms with Crippen LogP contribution >= 0.6 is 15.9 Å². The van der Waals surface area contributed by atoms with E-state index < -0.39 is 5.54 Å². The molecule has 0 aliphatic heterocycles. The van der Waals surface area contributed by atoms with Crippen LogP contribution in [-0.4, -0.2) is 11.3 Å². The lowest BCUT2D eigenvalue weighted by atomic mass is 9.77. The maximum atomic E-state index is 11.9. The predicted octanol–water partition coefficient (Wildman–Crippen LogP) is 3.22. The van der Waals surface area contributed by atoms with Crippen molar-refractivity contribution in [3.8, 4) is 0 Å². The Bertz CT molecular complexity index is 401. The van der Waals surface area contributed by atoms with Gasteiger partial charge in [0, 0.05) is 10.9 Å². The smallest absolute Gasteiger partial charge is 0.152 e. The van der Waals surface area contributed by atoms with Gasteiger partial charge in [-0.15, -0.1) is 0 Å². The first-order valence-corrected chi connectivity index (χ1v) is 6.96. The van der Waals surface area contributed by atoms with Gasteiger partial charge in [-0.2, -0.15) is 0 Å². The zero-order valence-electron chi connectivity index (χ0n) is 9.92. The van der Waals surface area contributed by atoms with Gasteiger partial charge < -0.3 is 5.73 Å². The molecule has 1 fully saturated rings. The fraction of sp³-hybridized carbons (Fsp3) is 0.500. The van der Waals surface area contributed by atoms with Crippen molar-refractivity contribution in [3.05, 3.63) is 34.3 Å². The Hall–Kier alpha value is -0.670. The van der Waals surface area contributed by atoms with Crippen LogP contribution in [0.3, 0.4) is 0 Å². The molecular weight excluding hydrogens is 278 g/mol. The molecule has 1 unspecified atom stereocenters. The minimum absolute atomic E-state index is 0.251. The number of rotatable bonds is 3. The first kappa shape index (κ1) is 12.8. The molecule has 1 aliphatic carbocycles. The molecule has 0 saturated heterocycles. The maximum absolute atomic E-state index is 11.9. The summed E-state index contributed by atoms with van der Waals surface area (Å²) in [5.41, 5.74) is 6.90. The quantitative estimate of drug-likeness (QED) is 0.930. The first-order chi connectivity index (χ1) is 8.10. The minimum atomic E-state index is -0.564. The summed E-state index contributed by atoms with van der Waals surface area (Å²) in [5.74, 6) is 0.251. The van der Waals surface area contributed by atoms with E-state index in [2.05, 4.69) is 28.1 Å². The molecule has 1 aromatic rings. The van der Waals surface area contributed by atoms with E-state index in [4.69, 9.17) is 5.73 Å². The van der Waals surface area contributed by atoms with E-state index in [1.54, 1.807) is 0 Å². The van der Waals surface area contributed by atoms with Crippen LogP contribution in [0, 0.1) is 0 Å². The lowest BCUT2D eigenvalue weighted by molar-refractivity contribution is -0.126. The third kappa shape index (κ3) is 3.17. The van der Waals surface area contributed by atoms with Crippen LogP contribution in [0.1, 0.15) is 37.7 Å². The maximum Gasteiger partial charge on any atom is 0.152 e. The van der Waals surface area contributed by atoms with Crippen molar-refractivity contribution in [2.45, 2.75) is 44.1 Å². The van der Waals surface area contributed by atoms with Crippen LogP contribution in [0.15, 0.2) is 28.7 Å². The lowest BCUT2D eigenvalue weighted by Crippen LogP contribution is -2.50. The Kier molecular flexibility index (Phi) is 4.00. The molecule has 92 valence electrons. The highest BCUT2D eigenvalue weighted by Gasteiger charge is 2.34. The molecule has 1 aromatic carbocycles. The summed E-state index contributed by atoms with van der Waals surface area (Å²) in [7, 11) is 0. The number of hydrogen-bond donors (Lipinski definition) is 1. The Labute approximate surface area is 111 Å². The van der Waals surface area contributed by atoms with Crippen LogP contribution in [0.25, 0.3) is 0 Å². The normalized spacial score (nSPS) is 24.9. The second-order valence-corrected chi connectivity index (χ2v) is 5.83. The van der Waals surface area contributed by atoms with Gasteiger partial charge in [0.25, 0.3) is 0 Å². The summed E-state index contributed by atoms with van der Waals surface area (Å²) in [6.45, 7) is 0. The van der Waals surface area contributed by atoms with Crippen LogP contribution in [0.4, 0.5) is 0 Å². The van der Waals surface area contributed by atoms with E-state index in [1.807, 2.05) is 12.1 Å². The summed E-state index contributed by atoms with van der Waals surface area (Å²) in [6.07, 6.45) is 5.26. The van der Waals surface area contributed by atoms with Gasteiger partial charge in [0.2, 0.25) is 0 Å². The van der Waals surface area contributed by atoms with Gasteiger partial charge in [-0.05, 0) is 43.4 Å². The number of halogens is 1. The monoisotopic (exact) mass is 295 g/mol. The molecule has 1 atom stereocenters. The molecule has 0 amide bonds. The van der Waals surface area contributed by atoms with Crippen molar-refractivity contribution in [2.24, 2.45) is 5.73 Å². The summed E-state index contributed by atoms with van der Waals surface area (Å²) in [6, 6.07) is 8.23. The molecule has 0 spiro atoms. The van der Waals surface area contributed by atoms with Gasteiger partial charge in [0.05, 0.1) is 5.54 Å². The molecule has 0 bridgehead atoms. The van der Waals surface area contributed by atoms with Gasteiger partial charge in [-0.25, -0.2) is 0 Å². The third-order valence-corrected chi connectivity index (χ3v) is 4.13. The first-order valence-electron chi connectivity index (χ1n) is 6.17. The van der Waals surface area contributed by atoms with Crippen molar-refractivity contribution in [3.63, 3.8) is 0 Å². The number of benzene rings is 1. The zero-order chi connectivity index (χ0) is 12.3. The molecule has 2 nitrogen and oxygen atoms in total. The van der Waals surface area contributed by atoms with Crippen molar-refractivity contribution in [1.29, 1.82) is 0 Å². The van der Waals surface area contributed by atoms with Crippen LogP contribution in [0.5, 0.6) is 0 Å². The summed E-state index contributed by atoms with van der Waals surface area (Å²) < 4.78 is 1.08. The van der Waals surface area contributed by atoms with E-state index in [9.17, 15) is 4.79 Å². The lowest BCUT2D eigenvalue weighted by Gasteiger charge is -2.31. The van der Waals surface area contributed by atoms with Crippen molar-refractivity contribution in [2.75, 3.05) is 0 Å². The van der Waals surface area contributed by atoms with Gasteiger partial charge in [-0.3, -0.25) is 4.79 Å². The molecule has 1 saturated carbocycles. The molecule has 2 N–H and O–H groups in total. The van der Waals surface area contributed by atoms with Crippen LogP contribution < -0.4 is 5.73 Å². The Balaban J connectivity index is 1.97. The molecule has 0 heterocycles. The topological polar surface area (TPSA) is 43.1 Å². The van der Waals surface area contributed by atoms with Crippen molar-refractivity contribution < 1.29 is 4.79 Å². The number of hydrogen-bond acceptors (Lipinski definition) is 2. The van der Waals surface area contributed by atoms with Crippen LogP contribution in [-0.2, 0) is 11.2 Å². The fourth-order valence-corrected chi connectivity index (χ4v) is 2.66. The van der Waals surface area contributed by atoms with E-state index in [0.717, 1.165) is 36.6 Å². The van der Waals surface area contributed by atoms with E-state index >= 15 is 0 Å². The highest BCUT2D eigenvalue weighted by Crippen LogP contribution is 2.27. The van der Waals surface area contributed by atoms with Gasteiger partial charge in [0.1, 0.15) is 0 Å². The molecular formula is C14H18BrNO. The van der Waals surface area contributed by atoms with Gasteiger partial charge in [-0.1, -0.05) is 34.5 Å². The van der Waals surface area contributed by atoms with Crippen LogP contribution in [0.2, 0.25) is 0 Å². The number of Topliss-reactive ketones (excluding diaryl/α,β-unsaturated/α-hetero) is 1. The highest BCUT2D eigenvalue weighted by atomic mass is 79.9. The average molecular weight is 296 g/mol. The second kappa shape index (κ2) is 5.32. The molecule has 0 aromatic heterocycles. The Morgan fingerprint density at radius 2 is 1.94 bits per heavy atom. The molecule has 0 radical (unpaired) electrons. The molecule has 17 heavy (non-hydrogen) atoms. The van der Waals surface area contributed by atoms with Crippen molar-refractivity contribution in [1.82, 2.24) is 0 Å². The fourth-order valence-electron chi connectivity index (χ4n) is 2.40. The number of aryl methyl sites for hydroxylation is 1. The van der Waals surface area contributed by atoms with E-state index in [1.165, 1.54) is 5.56 Å². The molecule has 3 heteroatoms. The Morgan fingerprint density at radius 1 is 1.24 bits per heavy atom. The standard InChI is InChI=1S/C14H18BrNO/c15-12-6-4-11(5-7-12)8-10-14(16)9-2-1-3-13(14)17/h4-7H,1-3,8-10,16H2. The molecule has 1 aliphatic rings. The number of carbonyl (C=O) groups excluding carboxylic acids is 1. The largest absolute Gasteiger partial charge is 0.319 e. The SMILES string of the molecule is NC1(CCc2ccc(Br)cc2)CCCCC1=O. The predicted molar refractivity (Wildman–Crippen MR) is 72.9 cm³/mol. The second-order valence-electron chi connectivity index (χ2n) is 4.91.